The Morgan fingerprint density at radius 3 is 2.69 bits per heavy atom. The van der Waals surface area contributed by atoms with Gasteiger partial charge in [-0.1, -0.05) is 15.9 Å². The lowest BCUT2D eigenvalue weighted by atomic mass is 10.2. The summed E-state index contributed by atoms with van der Waals surface area (Å²) in [6.07, 6.45) is 3.41. The third-order valence-electron chi connectivity index (χ3n) is 1.59. The number of hydrogen-bond acceptors (Lipinski definition) is 2. The van der Waals surface area contributed by atoms with Crippen molar-refractivity contribution in [3.05, 3.63) is 12.4 Å². The van der Waals surface area contributed by atoms with Crippen molar-refractivity contribution >= 4 is 27.8 Å². The van der Waals surface area contributed by atoms with Gasteiger partial charge in [-0.05, 0) is 13.8 Å². The quantitative estimate of drug-likeness (QED) is 0.804. The lowest BCUT2D eigenvalue weighted by molar-refractivity contribution is -0.117. The molecule has 1 amide bonds. The van der Waals surface area contributed by atoms with E-state index in [0.717, 1.165) is 0 Å². The number of rotatable bonds is 2. The van der Waals surface area contributed by atoms with Crippen molar-refractivity contribution in [3.63, 3.8) is 0 Å². The number of imidazole rings is 1. The summed E-state index contributed by atoms with van der Waals surface area (Å²) in [7, 11) is 1.82. The first-order chi connectivity index (χ1) is 5.91. The molecule has 1 aromatic heterocycles. The van der Waals surface area contributed by atoms with Gasteiger partial charge in [-0.3, -0.25) is 10.1 Å². The van der Waals surface area contributed by atoms with Crippen molar-refractivity contribution in [1.82, 2.24) is 9.55 Å². The maximum atomic E-state index is 11.5. The van der Waals surface area contributed by atoms with E-state index in [-0.39, 0.29) is 5.91 Å². The Kier molecular flexibility index (Phi) is 2.75. The van der Waals surface area contributed by atoms with E-state index in [1.165, 1.54) is 0 Å². The van der Waals surface area contributed by atoms with Crippen LogP contribution in [0.3, 0.4) is 0 Å². The molecule has 0 atom stereocenters. The second kappa shape index (κ2) is 3.49. The summed E-state index contributed by atoms with van der Waals surface area (Å²) in [5, 5.41) is 2.70. The second-order valence-electron chi connectivity index (χ2n) is 3.29. The van der Waals surface area contributed by atoms with Crippen LogP contribution in [0, 0.1) is 0 Å². The van der Waals surface area contributed by atoms with Gasteiger partial charge in [0.1, 0.15) is 0 Å². The van der Waals surface area contributed by atoms with E-state index in [9.17, 15) is 4.79 Å². The number of carbonyl (C=O) groups excluding carboxylic acids is 1. The fourth-order valence-corrected chi connectivity index (χ4v) is 0.835. The second-order valence-corrected chi connectivity index (χ2v) is 5.27. The molecule has 0 aliphatic heterocycles. The number of nitrogens with zero attached hydrogens (tertiary/aromatic N) is 2. The zero-order chi connectivity index (χ0) is 10.1. The van der Waals surface area contributed by atoms with Gasteiger partial charge >= 0.3 is 0 Å². The van der Waals surface area contributed by atoms with Crippen LogP contribution in [0.5, 0.6) is 0 Å². The van der Waals surface area contributed by atoms with Gasteiger partial charge < -0.3 is 4.57 Å². The Labute approximate surface area is 85.5 Å². The minimum Gasteiger partial charge on any atom is -0.320 e. The van der Waals surface area contributed by atoms with Crippen LogP contribution >= 0.6 is 15.9 Å². The average molecular weight is 246 g/mol. The Bertz CT molecular complexity index is 313. The topological polar surface area (TPSA) is 46.9 Å². The van der Waals surface area contributed by atoms with Crippen molar-refractivity contribution in [3.8, 4) is 0 Å². The van der Waals surface area contributed by atoms with Crippen molar-refractivity contribution in [1.29, 1.82) is 0 Å². The molecule has 0 spiro atoms. The van der Waals surface area contributed by atoms with Gasteiger partial charge in [0.05, 0.1) is 4.32 Å². The monoisotopic (exact) mass is 245 g/mol. The van der Waals surface area contributed by atoms with Gasteiger partial charge in [0.2, 0.25) is 11.9 Å². The van der Waals surface area contributed by atoms with Gasteiger partial charge in [-0.25, -0.2) is 4.98 Å². The standard InChI is InChI=1S/C8H12BrN3O/c1-8(2,9)6(13)11-7-10-4-5-12(7)3/h4-5H,1-3H3,(H,10,11,13). The van der Waals surface area contributed by atoms with Gasteiger partial charge in [0, 0.05) is 19.4 Å². The summed E-state index contributed by atoms with van der Waals surface area (Å²) in [6.45, 7) is 3.57. The van der Waals surface area contributed by atoms with Crippen LogP contribution in [0.15, 0.2) is 12.4 Å². The summed E-state index contributed by atoms with van der Waals surface area (Å²) in [5.74, 6) is 0.444. The molecule has 72 valence electrons. The molecule has 0 radical (unpaired) electrons. The third kappa shape index (κ3) is 2.55. The molecule has 0 aliphatic rings. The zero-order valence-electron chi connectivity index (χ0n) is 7.84. The van der Waals surface area contributed by atoms with Crippen LogP contribution in [-0.4, -0.2) is 19.8 Å². The van der Waals surface area contributed by atoms with Crippen LogP contribution in [0.2, 0.25) is 0 Å². The SMILES string of the molecule is Cn1ccnc1NC(=O)C(C)(C)Br. The molecule has 1 heterocycles. The molecule has 1 rings (SSSR count). The summed E-state index contributed by atoms with van der Waals surface area (Å²) in [5.41, 5.74) is 0. The smallest absolute Gasteiger partial charge is 0.243 e. The maximum Gasteiger partial charge on any atom is 0.243 e. The van der Waals surface area contributed by atoms with E-state index in [1.807, 2.05) is 7.05 Å². The number of amides is 1. The number of carbonyl (C=O) groups is 1. The first-order valence-corrected chi connectivity index (χ1v) is 4.68. The maximum absolute atomic E-state index is 11.5. The molecule has 0 unspecified atom stereocenters. The molecule has 5 heteroatoms. The molecule has 13 heavy (non-hydrogen) atoms. The molecule has 1 N–H and O–H groups in total. The van der Waals surface area contributed by atoms with Crippen molar-refractivity contribution < 1.29 is 4.79 Å². The molecule has 4 nitrogen and oxygen atoms in total. The number of nitrogens with one attached hydrogen (secondary N) is 1. The molecular weight excluding hydrogens is 234 g/mol. The van der Waals surface area contributed by atoms with Gasteiger partial charge in [0.15, 0.2) is 0 Å². The van der Waals surface area contributed by atoms with Gasteiger partial charge in [-0.15, -0.1) is 0 Å². The lowest BCUT2D eigenvalue weighted by Gasteiger charge is -2.15. The number of aromatic nitrogens is 2. The van der Waals surface area contributed by atoms with Gasteiger partial charge in [-0.2, -0.15) is 0 Å². The van der Waals surface area contributed by atoms with E-state index >= 15 is 0 Å². The van der Waals surface area contributed by atoms with E-state index in [0.29, 0.717) is 5.95 Å². The van der Waals surface area contributed by atoms with E-state index in [1.54, 1.807) is 30.8 Å². The summed E-state index contributed by atoms with van der Waals surface area (Å²) >= 11 is 3.27. The number of anilines is 1. The average Bonchev–Trinajstić information content (AvgIpc) is 2.34. The molecule has 0 fully saturated rings. The molecule has 1 aromatic rings. The van der Waals surface area contributed by atoms with Crippen LogP contribution in [-0.2, 0) is 11.8 Å². The van der Waals surface area contributed by atoms with Gasteiger partial charge in [0.25, 0.3) is 0 Å². The first-order valence-electron chi connectivity index (χ1n) is 3.89. The van der Waals surface area contributed by atoms with Crippen LogP contribution in [0.25, 0.3) is 0 Å². The highest BCUT2D eigenvalue weighted by molar-refractivity contribution is 9.10. The molecular formula is C8H12BrN3O. The van der Waals surface area contributed by atoms with Crippen molar-refractivity contribution in [2.24, 2.45) is 7.05 Å². The van der Waals surface area contributed by atoms with Crippen LogP contribution in [0.1, 0.15) is 13.8 Å². The number of hydrogen-bond donors (Lipinski definition) is 1. The highest BCUT2D eigenvalue weighted by Crippen LogP contribution is 2.17. The third-order valence-corrected chi connectivity index (χ3v) is 1.95. The number of alkyl halides is 1. The Balaban J connectivity index is 2.71. The van der Waals surface area contributed by atoms with Crippen molar-refractivity contribution in [2.75, 3.05) is 5.32 Å². The molecule has 0 aliphatic carbocycles. The molecule has 0 aromatic carbocycles. The Morgan fingerprint density at radius 1 is 1.69 bits per heavy atom. The molecule has 0 saturated carbocycles. The first kappa shape index (κ1) is 10.2. The minimum absolute atomic E-state index is 0.109. The number of aryl methyl sites for hydroxylation is 1. The normalized spacial score (nSPS) is 11.4. The Morgan fingerprint density at radius 2 is 2.31 bits per heavy atom. The summed E-state index contributed by atoms with van der Waals surface area (Å²) in [6, 6.07) is 0. The predicted molar refractivity (Wildman–Crippen MR) is 54.8 cm³/mol. The highest BCUT2D eigenvalue weighted by Gasteiger charge is 2.24. The number of halogens is 1. The van der Waals surface area contributed by atoms with E-state index in [4.69, 9.17) is 0 Å². The molecule has 0 saturated heterocycles. The largest absolute Gasteiger partial charge is 0.320 e. The summed E-state index contributed by atoms with van der Waals surface area (Å²) in [4.78, 5) is 15.5. The lowest BCUT2D eigenvalue weighted by Crippen LogP contribution is -2.31. The fourth-order valence-electron chi connectivity index (χ4n) is 0.736. The minimum atomic E-state index is -0.570. The van der Waals surface area contributed by atoms with Crippen molar-refractivity contribution in [2.45, 2.75) is 18.2 Å². The predicted octanol–water partition coefficient (Wildman–Crippen LogP) is 1.53. The van der Waals surface area contributed by atoms with Crippen LogP contribution in [0.4, 0.5) is 5.95 Å². The fraction of sp³-hybridized carbons (Fsp3) is 0.500. The Hall–Kier alpha value is -0.840. The zero-order valence-corrected chi connectivity index (χ0v) is 9.42. The molecule has 0 bridgehead atoms. The summed E-state index contributed by atoms with van der Waals surface area (Å²) < 4.78 is 1.18. The highest BCUT2D eigenvalue weighted by atomic mass is 79.9. The van der Waals surface area contributed by atoms with E-state index in [2.05, 4.69) is 26.2 Å². The van der Waals surface area contributed by atoms with E-state index < -0.39 is 4.32 Å². The van der Waals surface area contributed by atoms with Crippen LogP contribution < -0.4 is 5.32 Å².